The molecule has 5 rings (SSSR count). The maximum Gasteiger partial charge on any atom is 0.326 e. The number of rotatable bonds is 9. The van der Waals surface area contributed by atoms with Crippen LogP contribution in [-0.4, -0.2) is 58.5 Å². The normalized spacial score (nSPS) is 23.1. The Hall–Kier alpha value is -2.87. The van der Waals surface area contributed by atoms with Crippen LogP contribution in [0.4, 0.5) is 4.79 Å². The molecule has 8 heteroatoms. The number of halogens is 1. The summed E-state index contributed by atoms with van der Waals surface area (Å²) < 4.78 is 12.8. The van der Waals surface area contributed by atoms with Crippen molar-refractivity contribution < 1.29 is 19.4 Å². The molecular formula is C30H36ClN3O4. The van der Waals surface area contributed by atoms with Crippen molar-refractivity contribution in [2.45, 2.75) is 64.2 Å². The van der Waals surface area contributed by atoms with Gasteiger partial charge in [-0.1, -0.05) is 43.6 Å². The number of hydrogen-bond donors (Lipinski definition) is 1. The van der Waals surface area contributed by atoms with Gasteiger partial charge in [0, 0.05) is 50.1 Å². The summed E-state index contributed by atoms with van der Waals surface area (Å²) >= 11 is 6.06. The second kappa shape index (κ2) is 11.5. The lowest BCUT2D eigenvalue weighted by Crippen LogP contribution is -2.42. The topological polar surface area (TPSA) is 78.4 Å². The van der Waals surface area contributed by atoms with Gasteiger partial charge in [0.05, 0.1) is 5.02 Å². The lowest BCUT2D eigenvalue weighted by Gasteiger charge is -2.27. The minimum atomic E-state index is -0.272. The van der Waals surface area contributed by atoms with Crippen LogP contribution in [0.2, 0.25) is 5.02 Å². The number of urea groups is 1. The highest BCUT2D eigenvalue weighted by Gasteiger charge is 2.53. The number of aliphatic hydroxyl groups is 1. The van der Waals surface area contributed by atoms with E-state index in [4.69, 9.17) is 21.1 Å². The minimum Gasteiger partial charge on any atom is -0.461 e. The van der Waals surface area contributed by atoms with Crippen molar-refractivity contribution in [1.82, 2.24) is 14.8 Å². The predicted octanol–water partition coefficient (Wildman–Crippen LogP) is 5.89. The monoisotopic (exact) mass is 537 g/mol. The first-order chi connectivity index (χ1) is 18.4. The Labute approximate surface area is 229 Å². The molecule has 1 aromatic carbocycles. The van der Waals surface area contributed by atoms with Gasteiger partial charge < -0.3 is 19.5 Å². The predicted molar refractivity (Wildman–Crippen MR) is 147 cm³/mol. The Bertz CT molecular complexity index is 1230. The van der Waals surface area contributed by atoms with Crippen LogP contribution in [0.15, 0.2) is 65.7 Å². The number of benzene rings is 1. The number of carbonyl (C=O) groups is 1. The number of nitrogens with zero attached hydrogens (tertiary/aromatic N) is 3. The van der Waals surface area contributed by atoms with Gasteiger partial charge in [-0.05, 0) is 67.0 Å². The second-order valence-corrected chi connectivity index (χ2v) is 11.0. The molecule has 1 N–H and O–H groups in total. The summed E-state index contributed by atoms with van der Waals surface area (Å²) in [5, 5.41) is 9.96. The number of fused-ring (bicyclic) bond motifs is 2. The molecule has 0 radical (unpaired) electrons. The molecule has 2 aliphatic heterocycles. The van der Waals surface area contributed by atoms with Gasteiger partial charge in [0.2, 0.25) is 0 Å². The van der Waals surface area contributed by atoms with Crippen molar-refractivity contribution in [3.63, 3.8) is 0 Å². The molecule has 3 atom stereocenters. The molecule has 2 amide bonds. The first-order valence-electron chi connectivity index (χ1n) is 13.5. The van der Waals surface area contributed by atoms with Crippen molar-refractivity contribution in [3.05, 3.63) is 82.0 Å². The summed E-state index contributed by atoms with van der Waals surface area (Å²) in [4.78, 5) is 21.4. The van der Waals surface area contributed by atoms with Crippen LogP contribution >= 0.6 is 11.6 Å². The molecule has 202 valence electrons. The fourth-order valence-electron chi connectivity index (χ4n) is 5.51. The fraction of sp³-hybridized carbons (Fsp3) is 0.467. The summed E-state index contributed by atoms with van der Waals surface area (Å²) in [6.45, 7) is 4.86. The Balaban J connectivity index is 1.44. The van der Waals surface area contributed by atoms with E-state index in [1.54, 1.807) is 16.0 Å². The van der Waals surface area contributed by atoms with Crippen molar-refractivity contribution in [1.29, 1.82) is 0 Å². The number of allylic oxidation sites excluding steroid dienone is 2. The average Bonchev–Trinajstić information content (AvgIpc) is 3.72. The molecule has 0 bridgehead atoms. The van der Waals surface area contributed by atoms with Crippen molar-refractivity contribution in [2.75, 3.05) is 20.2 Å². The number of aliphatic hydroxyl groups excluding tert-OH is 1. The Kier molecular flexibility index (Phi) is 8.07. The molecule has 7 nitrogen and oxygen atoms in total. The van der Waals surface area contributed by atoms with E-state index in [0.717, 1.165) is 42.2 Å². The number of carbonyl (C=O) groups excluding carboxylic acids is 1. The summed E-state index contributed by atoms with van der Waals surface area (Å²) in [5.41, 5.74) is 4.30. The van der Waals surface area contributed by atoms with E-state index in [9.17, 15) is 9.90 Å². The van der Waals surface area contributed by atoms with Crippen LogP contribution < -0.4 is 4.74 Å². The SMILES string of the molecule is CC(C)c1ccccc1OC1=CCC2=C(CC1CCc1ccc(Cl)cn1)C1OC1N(CCCO)C(=O)N2C. The third kappa shape index (κ3) is 5.60. The molecule has 1 fully saturated rings. The summed E-state index contributed by atoms with van der Waals surface area (Å²) in [7, 11) is 1.84. The van der Waals surface area contributed by atoms with Gasteiger partial charge in [0.25, 0.3) is 0 Å². The Morgan fingerprint density at radius 1 is 1.24 bits per heavy atom. The Morgan fingerprint density at radius 2 is 2.05 bits per heavy atom. The van der Waals surface area contributed by atoms with Crippen LogP contribution in [0.3, 0.4) is 0 Å². The maximum atomic E-state index is 13.4. The first kappa shape index (κ1) is 26.7. The zero-order chi connectivity index (χ0) is 26.8. The van der Waals surface area contributed by atoms with Gasteiger partial charge in [-0.3, -0.25) is 9.88 Å². The van der Waals surface area contributed by atoms with E-state index in [0.29, 0.717) is 30.3 Å². The summed E-state index contributed by atoms with van der Waals surface area (Å²) in [6, 6.07) is 12.0. The highest BCUT2D eigenvalue weighted by Crippen LogP contribution is 2.45. The van der Waals surface area contributed by atoms with E-state index in [2.05, 4.69) is 31.0 Å². The molecule has 1 saturated heterocycles. The molecule has 0 spiro atoms. The molecule has 3 unspecified atom stereocenters. The number of hydrogen-bond acceptors (Lipinski definition) is 5. The molecule has 3 heterocycles. The highest BCUT2D eigenvalue weighted by molar-refractivity contribution is 6.30. The van der Waals surface area contributed by atoms with E-state index >= 15 is 0 Å². The molecule has 38 heavy (non-hydrogen) atoms. The van der Waals surface area contributed by atoms with Gasteiger partial charge in [-0.25, -0.2) is 4.79 Å². The smallest absolute Gasteiger partial charge is 0.326 e. The standard InChI is InChI=1S/C30H36ClN3O4/c1-19(2)23-7-4-5-8-27(23)37-26-14-13-25-24(17-20(26)9-11-22-12-10-21(31)18-32-22)28-29(38-28)34(15-6-16-35)30(36)33(25)3/h4-5,7-8,10,12,14,18-20,28-29,35H,6,9,11,13,15-17H2,1-3H3. The molecule has 3 aliphatic rings. The van der Waals surface area contributed by atoms with E-state index in [1.807, 2.05) is 37.4 Å². The van der Waals surface area contributed by atoms with Gasteiger partial charge in [0.1, 0.15) is 17.6 Å². The number of epoxide rings is 1. The summed E-state index contributed by atoms with van der Waals surface area (Å²) in [5.74, 6) is 2.23. The fourth-order valence-corrected chi connectivity index (χ4v) is 5.62. The van der Waals surface area contributed by atoms with Crippen LogP contribution in [0, 0.1) is 5.92 Å². The van der Waals surface area contributed by atoms with E-state index in [1.165, 1.54) is 11.1 Å². The quantitative estimate of drug-likeness (QED) is 0.403. The zero-order valence-corrected chi connectivity index (χ0v) is 23.0. The van der Waals surface area contributed by atoms with Crippen LogP contribution in [-0.2, 0) is 11.2 Å². The van der Waals surface area contributed by atoms with Crippen LogP contribution in [0.1, 0.15) is 56.7 Å². The third-order valence-corrected chi connectivity index (χ3v) is 7.88. The number of para-hydroxylation sites is 1. The number of aromatic nitrogens is 1. The molecule has 2 aromatic rings. The maximum absolute atomic E-state index is 13.4. The van der Waals surface area contributed by atoms with Crippen molar-refractivity contribution in [2.24, 2.45) is 5.92 Å². The second-order valence-electron chi connectivity index (χ2n) is 10.5. The molecule has 1 aliphatic carbocycles. The van der Waals surface area contributed by atoms with Crippen LogP contribution in [0.25, 0.3) is 0 Å². The van der Waals surface area contributed by atoms with E-state index < -0.39 is 0 Å². The van der Waals surface area contributed by atoms with Gasteiger partial charge in [0.15, 0.2) is 6.23 Å². The van der Waals surface area contributed by atoms with E-state index in [-0.39, 0.29) is 30.9 Å². The van der Waals surface area contributed by atoms with Gasteiger partial charge in [-0.15, -0.1) is 0 Å². The third-order valence-electron chi connectivity index (χ3n) is 7.66. The molecular weight excluding hydrogens is 502 g/mol. The number of pyridine rings is 1. The molecule has 0 saturated carbocycles. The summed E-state index contributed by atoms with van der Waals surface area (Å²) in [6.07, 6.45) is 6.92. The number of amides is 2. The van der Waals surface area contributed by atoms with Gasteiger partial charge in [-0.2, -0.15) is 0 Å². The lowest BCUT2D eigenvalue weighted by atomic mass is 9.91. The van der Waals surface area contributed by atoms with Crippen LogP contribution in [0.5, 0.6) is 5.75 Å². The average molecular weight is 538 g/mol. The van der Waals surface area contributed by atoms with Crippen molar-refractivity contribution >= 4 is 17.6 Å². The molecule has 1 aromatic heterocycles. The van der Waals surface area contributed by atoms with Crippen molar-refractivity contribution in [3.8, 4) is 5.75 Å². The minimum absolute atomic E-state index is 0.0418. The lowest BCUT2D eigenvalue weighted by molar-refractivity contribution is 0.136. The largest absolute Gasteiger partial charge is 0.461 e. The number of aryl methyl sites for hydroxylation is 1. The van der Waals surface area contributed by atoms with Gasteiger partial charge >= 0.3 is 6.03 Å². The number of ether oxygens (including phenoxy) is 2. The first-order valence-corrected chi connectivity index (χ1v) is 13.8. The highest BCUT2D eigenvalue weighted by atomic mass is 35.5. The Morgan fingerprint density at radius 3 is 2.79 bits per heavy atom. The zero-order valence-electron chi connectivity index (χ0n) is 22.3.